The summed E-state index contributed by atoms with van der Waals surface area (Å²) in [6.07, 6.45) is 4.68. The van der Waals surface area contributed by atoms with E-state index in [-0.39, 0.29) is 5.91 Å². The number of carbonyl (C=O) groups is 1. The van der Waals surface area contributed by atoms with Gasteiger partial charge in [0.1, 0.15) is 5.82 Å². The number of amides is 1. The summed E-state index contributed by atoms with van der Waals surface area (Å²) in [5, 5.41) is 12.4. The van der Waals surface area contributed by atoms with Crippen LogP contribution in [0.4, 0.5) is 0 Å². The van der Waals surface area contributed by atoms with Crippen LogP contribution in [-0.2, 0) is 23.3 Å². The summed E-state index contributed by atoms with van der Waals surface area (Å²) in [6, 6.07) is 9.00. The average Bonchev–Trinajstić information content (AvgIpc) is 3.25. The van der Waals surface area contributed by atoms with Crippen LogP contribution in [-0.4, -0.2) is 32.5 Å². The molecule has 0 saturated heterocycles. The number of nitrogens with zero attached hydrogens (tertiary/aromatic N) is 3. The molecule has 140 valence electrons. The van der Waals surface area contributed by atoms with Gasteiger partial charge in [-0.05, 0) is 25.3 Å². The lowest BCUT2D eigenvalue weighted by Crippen LogP contribution is -2.33. The maximum Gasteiger partial charge on any atom is 0.230 e. The number of nitrogens with one attached hydrogen (secondary N) is 1. The van der Waals surface area contributed by atoms with Crippen LogP contribution in [0.1, 0.15) is 42.6 Å². The highest BCUT2D eigenvalue weighted by Gasteiger charge is 2.18. The highest BCUT2D eigenvalue weighted by molar-refractivity contribution is 7.99. The number of rotatable bonds is 8. The second-order valence-electron chi connectivity index (χ2n) is 6.77. The Kier molecular flexibility index (Phi) is 7.02. The van der Waals surface area contributed by atoms with Gasteiger partial charge in [-0.3, -0.25) is 4.79 Å². The first-order valence-corrected chi connectivity index (χ1v) is 11.2. The predicted molar refractivity (Wildman–Crippen MR) is 108 cm³/mol. The average molecular weight is 391 g/mol. The van der Waals surface area contributed by atoms with Crippen LogP contribution in [0.15, 0.2) is 29.4 Å². The van der Waals surface area contributed by atoms with E-state index in [2.05, 4.69) is 46.7 Å². The summed E-state index contributed by atoms with van der Waals surface area (Å²) >= 11 is 3.29. The molecular weight excluding hydrogens is 364 g/mol. The number of benzene rings is 1. The van der Waals surface area contributed by atoms with Crippen LogP contribution in [0.25, 0.3) is 0 Å². The highest BCUT2D eigenvalue weighted by Crippen LogP contribution is 2.21. The minimum absolute atomic E-state index is 0.0974. The Morgan fingerprint density at radius 1 is 1.19 bits per heavy atom. The van der Waals surface area contributed by atoms with Crippen molar-refractivity contribution in [1.82, 2.24) is 20.1 Å². The van der Waals surface area contributed by atoms with E-state index in [1.807, 2.05) is 23.4 Å². The van der Waals surface area contributed by atoms with Gasteiger partial charge in [-0.1, -0.05) is 54.4 Å². The van der Waals surface area contributed by atoms with Gasteiger partial charge >= 0.3 is 0 Å². The SMILES string of the molecule is Cc1ccc(CSCc2nnc(SCC(=O)NC3CCCC3)n2C)cc1. The van der Waals surface area contributed by atoms with Crippen molar-refractivity contribution in [3.63, 3.8) is 0 Å². The molecule has 0 unspecified atom stereocenters. The third-order valence-electron chi connectivity index (χ3n) is 4.60. The number of hydrogen-bond acceptors (Lipinski definition) is 5. The summed E-state index contributed by atoms with van der Waals surface area (Å²) in [7, 11) is 1.97. The van der Waals surface area contributed by atoms with Crippen molar-refractivity contribution >= 4 is 29.4 Å². The third kappa shape index (κ3) is 5.51. The quantitative estimate of drug-likeness (QED) is 0.696. The molecular formula is C19H26N4OS2. The minimum Gasteiger partial charge on any atom is -0.353 e. The number of carbonyl (C=O) groups excluding carboxylic acids is 1. The molecule has 1 aromatic heterocycles. The molecule has 2 aromatic rings. The fourth-order valence-electron chi connectivity index (χ4n) is 3.01. The fraction of sp³-hybridized carbons (Fsp3) is 0.526. The summed E-state index contributed by atoms with van der Waals surface area (Å²) < 4.78 is 2.00. The molecule has 5 nitrogen and oxygen atoms in total. The molecule has 3 rings (SSSR count). The van der Waals surface area contributed by atoms with Crippen LogP contribution >= 0.6 is 23.5 Å². The summed E-state index contributed by atoms with van der Waals surface area (Å²) in [6.45, 7) is 2.10. The molecule has 0 spiro atoms. The van der Waals surface area contributed by atoms with Crippen LogP contribution in [0.5, 0.6) is 0 Å². The number of hydrogen-bond donors (Lipinski definition) is 1. The van der Waals surface area contributed by atoms with E-state index in [1.165, 1.54) is 35.7 Å². The molecule has 7 heteroatoms. The fourth-order valence-corrected chi connectivity index (χ4v) is 4.72. The first-order valence-electron chi connectivity index (χ1n) is 9.05. The van der Waals surface area contributed by atoms with Crippen LogP contribution in [0.3, 0.4) is 0 Å². The van der Waals surface area contributed by atoms with Gasteiger partial charge in [0.15, 0.2) is 5.16 Å². The van der Waals surface area contributed by atoms with E-state index in [1.54, 1.807) is 0 Å². The summed E-state index contributed by atoms with van der Waals surface area (Å²) in [4.78, 5) is 12.0. The van der Waals surface area contributed by atoms with E-state index >= 15 is 0 Å². The molecule has 1 aliphatic rings. The first-order chi connectivity index (χ1) is 12.6. The smallest absolute Gasteiger partial charge is 0.230 e. The second-order valence-corrected chi connectivity index (χ2v) is 8.70. The Hall–Kier alpha value is -1.47. The molecule has 0 bridgehead atoms. The lowest BCUT2D eigenvalue weighted by molar-refractivity contribution is -0.119. The van der Waals surface area contributed by atoms with Gasteiger partial charge in [0.25, 0.3) is 0 Å². The molecule has 1 saturated carbocycles. The molecule has 1 amide bonds. The Morgan fingerprint density at radius 3 is 2.65 bits per heavy atom. The maximum atomic E-state index is 12.0. The molecule has 0 aliphatic heterocycles. The number of thioether (sulfide) groups is 2. The first kappa shape index (κ1) is 19.3. The van der Waals surface area contributed by atoms with Crippen LogP contribution in [0, 0.1) is 6.92 Å². The predicted octanol–water partition coefficient (Wildman–Crippen LogP) is 3.71. The van der Waals surface area contributed by atoms with Gasteiger partial charge in [-0.2, -0.15) is 0 Å². The van der Waals surface area contributed by atoms with E-state index in [0.717, 1.165) is 35.3 Å². The van der Waals surface area contributed by atoms with Gasteiger partial charge in [0.2, 0.25) is 5.91 Å². The van der Waals surface area contributed by atoms with E-state index in [4.69, 9.17) is 0 Å². The van der Waals surface area contributed by atoms with Crippen molar-refractivity contribution in [2.45, 2.75) is 55.3 Å². The van der Waals surface area contributed by atoms with E-state index < -0.39 is 0 Å². The molecule has 1 aliphatic carbocycles. The molecule has 0 atom stereocenters. The van der Waals surface area contributed by atoms with E-state index in [0.29, 0.717) is 11.8 Å². The topological polar surface area (TPSA) is 59.8 Å². The molecule has 26 heavy (non-hydrogen) atoms. The largest absolute Gasteiger partial charge is 0.353 e. The zero-order valence-electron chi connectivity index (χ0n) is 15.4. The van der Waals surface area contributed by atoms with Crippen molar-refractivity contribution in [2.24, 2.45) is 7.05 Å². The summed E-state index contributed by atoms with van der Waals surface area (Å²) in [5.74, 6) is 3.21. The second kappa shape index (κ2) is 9.46. The Labute approximate surface area is 163 Å². The standard InChI is InChI=1S/C19H26N4OS2/c1-14-7-9-15(10-8-14)11-25-12-17-21-22-19(23(17)2)26-13-18(24)20-16-5-3-4-6-16/h7-10,16H,3-6,11-13H2,1-2H3,(H,20,24). The number of aryl methyl sites for hydroxylation is 1. The molecule has 1 N–H and O–H groups in total. The van der Waals surface area contributed by atoms with Crippen molar-refractivity contribution in [1.29, 1.82) is 0 Å². The Bertz CT molecular complexity index is 724. The zero-order valence-corrected chi connectivity index (χ0v) is 17.0. The van der Waals surface area contributed by atoms with Crippen molar-refractivity contribution < 1.29 is 4.79 Å². The van der Waals surface area contributed by atoms with Crippen molar-refractivity contribution in [2.75, 3.05) is 5.75 Å². The lowest BCUT2D eigenvalue weighted by Gasteiger charge is -2.11. The van der Waals surface area contributed by atoms with E-state index in [9.17, 15) is 4.79 Å². The number of aromatic nitrogens is 3. The summed E-state index contributed by atoms with van der Waals surface area (Å²) in [5.41, 5.74) is 2.60. The normalized spacial score (nSPS) is 14.7. The molecule has 0 radical (unpaired) electrons. The van der Waals surface area contributed by atoms with Crippen molar-refractivity contribution in [3.8, 4) is 0 Å². The van der Waals surface area contributed by atoms with Gasteiger partial charge < -0.3 is 9.88 Å². The molecule has 1 aromatic carbocycles. The van der Waals surface area contributed by atoms with Crippen molar-refractivity contribution in [3.05, 3.63) is 41.2 Å². The molecule has 1 heterocycles. The maximum absolute atomic E-state index is 12.0. The highest BCUT2D eigenvalue weighted by atomic mass is 32.2. The van der Waals surface area contributed by atoms with Gasteiger partial charge in [0.05, 0.1) is 11.5 Å². The van der Waals surface area contributed by atoms with Gasteiger partial charge in [-0.15, -0.1) is 22.0 Å². The zero-order chi connectivity index (χ0) is 18.4. The Balaban J connectivity index is 1.43. The monoisotopic (exact) mass is 390 g/mol. The van der Waals surface area contributed by atoms with Crippen LogP contribution in [0.2, 0.25) is 0 Å². The van der Waals surface area contributed by atoms with Crippen LogP contribution < -0.4 is 5.32 Å². The third-order valence-corrected chi connectivity index (χ3v) is 6.62. The molecule has 1 fully saturated rings. The lowest BCUT2D eigenvalue weighted by atomic mass is 10.2. The van der Waals surface area contributed by atoms with Gasteiger partial charge in [0, 0.05) is 18.8 Å². The minimum atomic E-state index is 0.0974. The van der Waals surface area contributed by atoms with Gasteiger partial charge in [-0.25, -0.2) is 0 Å². The Morgan fingerprint density at radius 2 is 1.92 bits per heavy atom.